The van der Waals surface area contributed by atoms with E-state index in [2.05, 4.69) is 103 Å². The lowest BCUT2D eigenvalue weighted by molar-refractivity contribution is 0.623. The molecule has 0 bridgehead atoms. The highest BCUT2D eigenvalue weighted by Gasteiger charge is 2.20. The molecule has 6 nitrogen and oxygen atoms in total. The molecule has 280 valence electrons. The molecule has 0 N–H and O–H groups in total. The van der Waals surface area contributed by atoms with Gasteiger partial charge in [0.15, 0.2) is 23.1 Å². The molecule has 0 saturated heterocycles. The standard InChI is InChI=1S/C54H32N4O2/c1-3-13-35(14-4-1)51-56-52(36-15-5-2-6-16-36)58-53(57-51)37-24-22-34(23-25-37)40-27-28-41(43-20-10-9-19-42(40)43)38-26-30-47-45(32-38)49-48(59-47)31-29-46-50(49)60-54(55-46)44-21-11-17-33-12-7-8-18-39(33)44/h1-32H. The van der Waals surface area contributed by atoms with Crippen molar-refractivity contribution >= 4 is 54.6 Å². The maximum atomic E-state index is 6.63. The van der Waals surface area contributed by atoms with Gasteiger partial charge in [0.25, 0.3) is 0 Å². The summed E-state index contributed by atoms with van der Waals surface area (Å²) in [5, 5.41) is 6.48. The van der Waals surface area contributed by atoms with Gasteiger partial charge in [-0.2, -0.15) is 0 Å². The van der Waals surface area contributed by atoms with Crippen molar-refractivity contribution in [1.29, 1.82) is 0 Å². The predicted octanol–water partition coefficient (Wildman–Crippen LogP) is 14.2. The first kappa shape index (κ1) is 33.9. The number of rotatable bonds is 6. The topological polar surface area (TPSA) is 77.8 Å². The third-order valence-electron chi connectivity index (χ3n) is 11.4. The molecule has 6 heteroatoms. The molecule has 0 atom stereocenters. The van der Waals surface area contributed by atoms with Gasteiger partial charge in [-0.15, -0.1) is 0 Å². The Morgan fingerprint density at radius 1 is 0.317 bits per heavy atom. The fourth-order valence-corrected chi connectivity index (χ4v) is 8.48. The smallest absolute Gasteiger partial charge is 0.227 e. The van der Waals surface area contributed by atoms with Gasteiger partial charge in [0, 0.05) is 27.6 Å². The summed E-state index contributed by atoms with van der Waals surface area (Å²) in [6.45, 7) is 0. The Labute approximate surface area is 344 Å². The number of furan rings is 1. The van der Waals surface area contributed by atoms with Gasteiger partial charge in [0.2, 0.25) is 5.89 Å². The quantitative estimate of drug-likeness (QED) is 0.168. The number of hydrogen-bond acceptors (Lipinski definition) is 6. The second-order valence-electron chi connectivity index (χ2n) is 15.0. The van der Waals surface area contributed by atoms with Gasteiger partial charge in [-0.3, -0.25) is 0 Å². The summed E-state index contributed by atoms with van der Waals surface area (Å²) in [4.78, 5) is 19.7. The van der Waals surface area contributed by atoms with Crippen LogP contribution in [-0.2, 0) is 0 Å². The molecule has 9 aromatic carbocycles. The Morgan fingerprint density at radius 3 is 1.53 bits per heavy atom. The van der Waals surface area contributed by atoms with E-state index in [0.29, 0.717) is 23.4 Å². The van der Waals surface area contributed by atoms with Crippen LogP contribution in [0.3, 0.4) is 0 Å². The first-order valence-electron chi connectivity index (χ1n) is 20.0. The SMILES string of the molecule is c1ccc(-c2nc(-c3ccccc3)nc(-c3ccc(-c4ccc(-c5ccc6oc7ccc8nc(-c9cccc%10ccccc9%10)oc8c7c6c5)c5ccccc45)cc3)n2)cc1. The minimum Gasteiger partial charge on any atom is -0.456 e. The van der Waals surface area contributed by atoms with Crippen molar-refractivity contribution in [2.24, 2.45) is 0 Å². The van der Waals surface area contributed by atoms with E-state index in [1.165, 1.54) is 0 Å². The van der Waals surface area contributed by atoms with E-state index in [1.807, 2.05) is 91.0 Å². The molecule has 12 rings (SSSR count). The number of fused-ring (bicyclic) bond motifs is 7. The highest BCUT2D eigenvalue weighted by atomic mass is 16.4. The van der Waals surface area contributed by atoms with E-state index in [-0.39, 0.29) is 0 Å². The van der Waals surface area contributed by atoms with Crippen LogP contribution < -0.4 is 0 Å². The first-order valence-corrected chi connectivity index (χ1v) is 20.0. The number of aromatic nitrogens is 4. The lowest BCUT2D eigenvalue weighted by Gasteiger charge is -2.13. The maximum Gasteiger partial charge on any atom is 0.227 e. The van der Waals surface area contributed by atoms with Gasteiger partial charge in [-0.05, 0) is 74.1 Å². The predicted molar refractivity (Wildman–Crippen MR) is 242 cm³/mol. The van der Waals surface area contributed by atoms with Crippen LogP contribution in [0.15, 0.2) is 203 Å². The van der Waals surface area contributed by atoms with Crippen LogP contribution >= 0.6 is 0 Å². The summed E-state index contributed by atoms with van der Waals surface area (Å²) in [7, 11) is 0. The van der Waals surface area contributed by atoms with Gasteiger partial charge in [0.1, 0.15) is 16.7 Å². The van der Waals surface area contributed by atoms with Gasteiger partial charge >= 0.3 is 0 Å². The number of oxazole rings is 1. The van der Waals surface area contributed by atoms with Crippen molar-refractivity contribution in [1.82, 2.24) is 19.9 Å². The van der Waals surface area contributed by atoms with Crippen molar-refractivity contribution in [3.8, 4) is 67.9 Å². The van der Waals surface area contributed by atoms with Crippen LogP contribution in [0.5, 0.6) is 0 Å². The molecule has 0 radical (unpaired) electrons. The minimum absolute atomic E-state index is 0.594. The second-order valence-corrected chi connectivity index (χ2v) is 15.0. The van der Waals surface area contributed by atoms with Crippen LogP contribution in [0.2, 0.25) is 0 Å². The van der Waals surface area contributed by atoms with Gasteiger partial charge < -0.3 is 8.83 Å². The molecule has 0 aliphatic heterocycles. The molecule has 0 amide bonds. The molecule has 0 aliphatic carbocycles. The molecule has 3 heterocycles. The molecular formula is C54H32N4O2. The Morgan fingerprint density at radius 2 is 0.850 bits per heavy atom. The molecule has 60 heavy (non-hydrogen) atoms. The Hall–Kier alpha value is -8.22. The second kappa shape index (κ2) is 13.7. The van der Waals surface area contributed by atoms with Crippen LogP contribution in [0.4, 0.5) is 0 Å². The van der Waals surface area contributed by atoms with Gasteiger partial charge in [-0.25, -0.2) is 19.9 Å². The molecule has 0 unspecified atom stereocenters. The summed E-state index contributed by atoms with van der Waals surface area (Å²) in [6, 6.07) is 66.6. The average molecular weight is 769 g/mol. The number of benzene rings is 9. The van der Waals surface area contributed by atoms with Crippen molar-refractivity contribution in [3.05, 3.63) is 194 Å². The van der Waals surface area contributed by atoms with Crippen molar-refractivity contribution < 1.29 is 8.83 Å². The summed E-state index contributed by atoms with van der Waals surface area (Å²) in [5.41, 5.74) is 11.3. The van der Waals surface area contributed by atoms with Crippen molar-refractivity contribution in [3.63, 3.8) is 0 Å². The monoisotopic (exact) mass is 768 g/mol. The number of nitrogens with zero attached hydrogens (tertiary/aromatic N) is 4. The summed E-state index contributed by atoms with van der Waals surface area (Å²) in [6.07, 6.45) is 0. The Balaban J connectivity index is 0.934. The summed E-state index contributed by atoms with van der Waals surface area (Å²) >= 11 is 0. The molecular weight excluding hydrogens is 737 g/mol. The number of hydrogen-bond donors (Lipinski definition) is 0. The van der Waals surface area contributed by atoms with Crippen molar-refractivity contribution in [2.75, 3.05) is 0 Å². The van der Waals surface area contributed by atoms with Crippen LogP contribution in [0.1, 0.15) is 0 Å². The highest BCUT2D eigenvalue weighted by Crippen LogP contribution is 2.42. The fourth-order valence-electron chi connectivity index (χ4n) is 8.48. The van der Waals surface area contributed by atoms with E-state index in [4.69, 9.17) is 28.8 Å². The molecule has 3 aromatic heterocycles. The zero-order valence-corrected chi connectivity index (χ0v) is 32.1. The fraction of sp³-hybridized carbons (Fsp3) is 0. The highest BCUT2D eigenvalue weighted by molar-refractivity contribution is 6.18. The minimum atomic E-state index is 0.594. The third-order valence-corrected chi connectivity index (χ3v) is 11.4. The zero-order chi connectivity index (χ0) is 39.6. The van der Waals surface area contributed by atoms with Crippen LogP contribution in [0, 0.1) is 0 Å². The van der Waals surface area contributed by atoms with Gasteiger partial charge in [0.05, 0.1) is 5.39 Å². The van der Waals surface area contributed by atoms with Crippen molar-refractivity contribution in [2.45, 2.75) is 0 Å². The van der Waals surface area contributed by atoms with E-state index in [9.17, 15) is 0 Å². The van der Waals surface area contributed by atoms with Gasteiger partial charge in [-0.1, -0.05) is 164 Å². The van der Waals surface area contributed by atoms with E-state index < -0.39 is 0 Å². The molecule has 0 spiro atoms. The van der Waals surface area contributed by atoms with E-state index in [1.54, 1.807) is 0 Å². The van der Waals surface area contributed by atoms with E-state index in [0.717, 1.165) is 99.1 Å². The summed E-state index contributed by atoms with van der Waals surface area (Å²) in [5.74, 6) is 2.51. The zero-order valence-electron chi connectivity index (χ0n) is 32.1. The van der Waals surface area contributed by atoms with Crippen LogP contribution in [0.25, 0.3) is 122 Å². The lowest BCUT2D eigenvalue weighted by Crippen LogP contribution is -2.00. The summed E-state index contributed by atoms with van der Waals surface area (Å²) < 4.78 is 13.0. The Kier molecular flexibility index (Phi) is 7.74. The average Bonchev–Trinajstić information content (AvgIpc) is 3.93. The molecule has 12 aromatic rings. The maximum absolute atomic E-state index is 6.63. The largest absolute Gasteiger partial charge is 0.456 e. The van der Waals surface area contributed by atoms with E-state index >= 15 is 0 Å². The normalized spacial score (nSPS) is 11.7. The molecule has 0 fully saturated rings. The van der Waals surface area contributed by atoms with Crippen LogP contribution in [-0.4, -0.2) is 19.9 Å². The molecule has 0 aliphatic rings. The third kappa shape index (κ3) is 5.65. The lowest BCUT2D eigenvalue weighted by atomic mass is 9.91. The molecule has 0 saturated carbocycles. The Bertz CT molecular complexity index is 3530. The first-order chi connectivity index (χ1) is 29.7.